The van der Waals surface area contributed by atoms with Gasteiger partial charge < -0.3 is 69.5 Å². The number of hydrogen-bond acceptors (Lipinski definition) is 17. The summed E-state index contributed by atoms with van der Waals surface area (Å²) in [6, 6.07) is 5.11. The van der Waals surface area contributed by atoms with Crippen molar-refractivity contribution in [1.82, 2.24) is 5.32 Å². The minimum atomic E-state index is -1.47. The number of ether oxygens (including phenoxy) is 6. The topological polar surface area (TPSA) is 286 Å². The number of nitro groups is 1. The van der Waals surface area contributed by atoms with Crippen molar-refractivity contribution in [1.29, 1.82) is 0 Å². The molecule has 0 aromatic heterocycles. The molecule has 4 rings (SSSR count). The van der Waals surface area contributed by atoms with Crippen molar-refractivity contribution in [2.24, 2.45) is 11.8 Å². The SMILES string of the molecule is CC1O[C@@H](O[C@H]2C(O[C@H]3CC(CO)[C@H](O)[C@H](O)C3C)[C@@H](O)C(CO)O[C@H]2OCCCNC(=O)CCCCC(=O)Oc2ccc([N+](=O)[O-])cc2)C[C@@H](O)[C@@H]1O. The molecule has 1 aromatic carbocycles. The van der Waals surface area contributed by atoms with Crippen LogP contribution in [0.3, 0.4) is 0 Å². The zero-order valence-corrected chi connectivity index (χ0v) is 30.3. The van der Waals surface area contributed by atoms with E-state index in [9.17, 15) is 55.4 Å². The number of aliphatic hydroxyl groups excluding tert-OH is 7. The van der Waals surface area contributed by atoms with Crippen LogP contribution >= 0.6 is 0 Å². The third-order valence-electron chi connectivity index (χ3n) is 10.1. The Hall–Kier alpha value is -2.92. The molecule has 8 N–H and O–H groups in total. The zero-order chi connectivity index (χ0) is 39.5. The fraction of sp³-hybridized carbons (Fsp3) is 0.771. The number of aliphatic hydroxyl groups is 7. The minimum absolute atomic E-state index is 0.0147. The number of rotatable bonds is 18. The summed E-state index contributed by atoms with van der Waals surface area (Å²) in [5.74, 6) is -1.95. The van der Waals surface area contributed by atoms with Crippen LogP contribution in [0.1, 0.15) is 58.8 Å². The van der Waals surface area contributed by atoms with E-state index in [1.54, 1.807) is 13.8 Å². The van der Waals surface area contributed by atoms with Gasteiger partial charge in [-0.2, -0.15) is 0 Å². The van der Waals surface area contributed by atoms with Crippen LogP contribution < -0.4 is 10.1 Å². The molecule has 0 bridgehead atoms. The van der Waals surface area contributed by atoms with E-state index in [0.717, 1.165) is 0 Å². The predicted octanol–water partition coefficient (Wildman–Crippen LogP) is -0.973. The number of esters is 1. The first-order chi connectivity index (χ1) is 25.7. The van der Waals surface area contributed by atoms with E-state index >= 15 is 0 Å². The lowest BCUT2D eigenvalue weighted by atomic mass is 9.76. The molecular weight excluding hydrogens is 720 g/mol. The molecule has 3 aliphatic rings. The fourth-order valence-electron chi connectivity index (χ4n) is 6.75. The molecule has 306 valence electrons. The van der Waals surface area contributed by atoms with Crippen LogP contribution in [0.4, 0.5) is 5.69 Å². The molecule has 5 unspecified atom stereocenters. The van der Waals surface area contributed by atoms with Gasteiger partial charge >= 0.3 is 5.97 Å². The Kier molecular flexibility index (Phi) is 16.9. The van der Waals surface area contributed by atoms with Crippen LogP contribution in [0, 0.1) is 22.0 Å². The van der Waals surface area contributed by atoms with E-state index in [2.05, 4.69) is 5.32 Å². The molecule has 1 saturated carbocycles. The Labute approximate surface area is 312 Å². The summed E-state index contributed by atoms with van der Waals surface area (Å²) in [5, 5.41) is 86.4. The fourth-order valence-corrected chi connectivity index (χ4v) is 6.75. The Morgan fingerprint density at radius 1 is 0.870 bits per heavy atom. The largest absolute Gasteiger partial charge is 0.427 e. The second kappa shape index (κ2) is 20.8. The first-order valence-corrected chi connectivity index (χ1v) is 18.3. The average Bonchev–Trinajstić information content (AvgIpc) is 3.14. The predicted molar refractivity (Wildman–Crippen MR) is 183 cm³/mol. The molecule has 2 aliphatic heterocycles. The highest BCUT2D eigenvalue weighted by molar-refractivity contribution is 5.76. The van der Waals surface area contributed by atoms with Crippen LogP contribution in [0.15, 0.2) is 24.3 Å². The van der Waals surface area contributed by atoms with Gasteiger partial charge in [0.2, 0.25) is 5.91 Å². The molecule has 14 atom stereocenters. The monoisotopic (exact) mass is 774 g/mol. The summed E-state index contributed by atoms with van der Waals surface area (Å²) < 4.78 is 35.4. The van der Waals surface area contributed by atoms with E-state index in [0.29, 0.717) is 19.3 Å². The zero-order valence-electron chi connectivity index (χ0n) is 30.3. The number of benzene rings is 1. The van der Waals surface area contributed by atoms with Gasteiger partial charge in [0.25, 0.3) is 5.69 Å². The molecule has 19 heteroatoms. The number of unbranched alkanes of at least 4 members (excludes halogenated alkanes) is 1. The van der Waals surface area contributed by atoms with E-state index in [1.165, 1.54) is 24.3 Å². The molecule has 1 amide bonds. The summed E-state index contributed by atoms with van der Waals surface area (Å²) >= 11 is 0. The number of nitrogens with zero attached hydrogens (tertiary/aromatic N) is 1. The van der Waals surface area contributed by atoms with Crippen molar-refractivity contribution in [3.63, 3.8) is 0 Å². The average molecular weight is 775 g/mol. The van der Waals surface area contributed by atoms with Gasteiger partial charge in [-0.1, -0.05) is 6.92 Å². The van der Waals surface area contributed by atoms with Gasteiger partial charge in [0, 0.05) is 56.4 Å². The van der Waals surface area contributed by atoms with E-state index in [-0.39, 0.29) is 56.2 Å². The lowest BCUT2D eigenvalue weighted by Crippen LogP contribution is -2.64. The molecule has 3 fully saturated rings. The molecule has 0 radical (unpaired) electrons. The van der Waals surface area contributed by atoms with Crippen molar-refractivity contribution < 1.29 is 78.7 Å². The van der Waals surface area contributed by atoms with Crippen LogP contribution in [0.25, 0.3) is 0 Å². The van der Waals surface area contributed by atoms with Crippen molar-refractivity contribution >= 4 is 17.6 Å². The third kappa shape index (κ3) is 11.8. The van der Waals surface area contributed by atoms with Gasteiger partial charge in [-0.25, -0.2) is 0 Å². The molecular formula is C35H54N2O17. The quantitative estimate of drug-likeness (QED) is 0.0293. The standard InChI is InChI=1S/C35H54N2O17/c1-18-24(14-20(16-38)31(45)29(18)43)52-33-32(46)25(17-39)53-35(34(33)54-28-15-23(40)30(44)19(2)50-28)49-13-5-12-36-26(41)6-3-4-7-27(42)51-22-10-8-21(9-11-22)37(47)48/h8-11,18-20,23-25,28-35,38-40,43-46H,3-7,12-17H2,1-2H3,(H,36,41)/t18?,19?,20?,23-,24+,25?,28+,29-,30-,31+,32+,33?,34+,35-/m1/s1. The first-order valence-electron chi connectivity index (χ1n) is 18.3. The highest BCUT2D eigenvalue weighted by Crippen LogP contribution is 2.37. The van der Waals surface area contributed by atoms with Crippen LogP contribution in [0.5, 0.6) is 5.75 Å². The molecule has 2 heterocycles. The van der Waals surface area contributed by atoms with Gasteiger partial charge in [0.05, 0.1) is 48.7 Å². The first kappa shape index (κ1) is 43.8. The number of carbonyl (C=O) groups is 2. The smallest absolute Gasteiger partial charge is 0.311 e. The number of hydrogen-bond donors (Lipinski definition) is 8. The molecule has 19 nitrogen and oxygen atoms in total. The van der Waals surface area contributed by atoms with E-state index in [4.69, 9.17) is 28.4 Å². The highest BCUT2D eigenvalue weighted by atomic mass is 16.8. The van der Waals surface area contributed by atoms with Crippen molar-refractivity contribution in [2.45, 2.75) is 132 Å². The summed E-state index contributed by atoms with van der Waals surface area (Å²) in [7, 11) is 0. The lowest BCUT2D eigenvalue weighted by Gasteiger charge is -2.49. The Balaban J connectivity index is 1.29. The number of nitro benzene ring substituents is 1. The maximum atomic E-state index is 12.4. The van der Waals surface area contributed by atoms with Crippen molar-refractivity contribution in [3.8, 4) is 5.75 Å². The number of non-ortho nitro benzene ring substituents is 1. The summed E-state index contributed by atoms with van der Waals surface area (Å²) in [4.78, 5) is 34.7. The summed E-state index contributed by atoms with van der Waals surface area (Å²) in [6.07, 6.45) is -12.6. The number of carbonyl (C=O) groups excluding carboxylic acids is 2. The van der Waals surface area contributed by atoms with Crippen molar-refractivity contribution in [3.05, 3.63) is 34.4 Å². The summed E-state index contributed by atoms with van der Waals surface area (Å²) in [6.45, 7) is 2.39. The van der Waals surface area contributed by atoms with Gasteiger partial charge in [-0.15, -0.1) is 0 Å². The molecule has 54 heavy (non-hydrogen) atoms. The Morgan fingerprint density at radius 2 is 1.57 bits per heavy atom. The highest BCUT2D eigenvalue weighted by Gasteiger charge is 2.52. The number of amides is 1. The molecule has 1 aromatic rings. The van der Waals surface area contributed by atoms with Gasteiger partial charge in [-0.3, -0.25) is 19.7 Å². The van der Waals surface area contributed by atoms with E-state index in [1.807, 2.05) is 0 Å². The van der Waals surface area contributed by atoms with Crippen LogP contribution in [0.2, 0.25) is 0 Å². The second-order valence-electron chi connectivity index (χ2n) is 14.0. The number of nitrogens with one attached hydrogen (secondary N) is 1. The van der Waals surface area contributed by atoms with Crippen molar-refractivity contribution in [2.75, 3.05) is 26.4 Å². The Bertz CT molecular complexity index is 1330. The van der Waals surface area contributed by atoms with Gasteiger partial charge in [0.1, 0.15) is 36.3 Å². The van der Waals surface area contributed by atoms with E-state index < -0.39 is 110 Å². The normalized spacial score (nSPS) is 35.6. The van der Waals surface area contributed by atoms with Crippen LogP contribution in [-0.4, -0.2) is 153 Å². The minimum Gasteiger partial charge on any atom is -0.427 e. The third-order valence-corrected chi connectivity index (χ3v) is 10.1. The molecule has 0 spiro atoms. The Morgan fingerprint density at radius 3 is 2.22 bits per heavy atom. The summed E-state index contributed by atoms with van der Waals surface area (Å²) in [5.41, 5.74) is -0.128. The lowest BCUT2D eigenvalue weighted by molar-refractivity contribution is -0.384. The molecule has 1 aliphatic carbocycles. The maximum absolute atomic E-state index is 12.4. The maximum Gasteiger partial charge on any atom is 0.311 e. The van der Waals surface area contributed by atoms with Gasteiger partial charge in [-0.05, 0) is 44.7 Å². The van der Waals surface area contributed by atoms with Crippen LogP contribution in [-0.2, 0) is 33.3 Å². The van der Waals surface area contributed by atoms with Gasteiger partial charge in [0.15, 0.2) is 12.6 Å². The second-order valence-corrected chi connectivity index (χ2v) is 14.0. The molecule has 2 saturated heterocycles.